The summed E-state index contributed by atoms with van der Waals surface area (Å²) in [5.74, 6) is 0.238. The van der Waals surface area contributed by atoms with Gasteiger partial charge in [0.15, 0.2) is 0 Å². The first-order chi connectivity index (χ1) is 9.04. The number of H-pyrrole nitrogens is 1. The summed E-state index contributed by atoms with van der Waals surface area (Å²) >= 11 is 0. The Bertz CT molecular complexity index is 483. The third kappa shape index (κ3) is 2.59. The number of amides is 1. The number of nitrogens with one attached hydrogen (secondary N) is 1. The lowest BCUT2D eigenvalue weighted by Crippen LogP contribution is -2.41. The molecule has 0 saturated carbocycles. The minimum atomic E-state index is -0.515. The van der Waals surface area contributed by atoms with E-state index in [0.29, 0.717) is 18.8 Å². The number of aromatic amines is 1. The summed E-state index contributed by atoms with van der Waals surface area (Å²) in [5.41, 5.74) is 0. The van der Waals surface area contributed by atoms with Crippen LogP contribution < -0.4 is 0 Å². The first kappa shape index (κ1) is 13.5. The van der Waals surface area contributed by atoms with E-state index in [2.05, 4.69) is 15.2 Å². The predicted molar refractivity (Wildman–Crippen MR) is 66.5 cm³/mol. The normalized spacial score (nSPS) is 18.9. The summed E-state index contributed by atoms with van der Waals surface area (Å²) in [6, 6.07) is -0.515. The smallest absolute Gasteiger partial charge is 0.328 e. The fourth-order valence-corrected chi connectivity index (χ4v) is 2.15. The van der Waals surface area contributed by atoms with Gasteiger partial charge in [-0.3, -0.25) is 9.89 Å². The van der Waals surface area contributed by atoms with Crippen LogP contribution in [0, 0.1) is 0 Å². The van der Waals surface area contributed by atoms with Gasteiger partial charge < -0.3 is 9.64 Å². The van der Waals surface area contributed by atoms with Crippen molar-refractivity contribution in [1.82, 2.24) is 20.1 Å². The van der Waals surface area contributed by atoms with Crippen LogP contribution in [0.2, 0.25) is 0 Å². The third-order valence-electron chi connectivity index (χ3n) is 3.23. The molecule has 7 nitrogen and oxygen atoms in total. The Morgan fingerprint density at radius 2 is 2.21 bits per heavy atom. The number of rotatable bonds is 3. The highest BCUT2D eigenvalue weighted by atomic mass is 16.5. The number of esters is 1. The molecular formula is C12H18N4O3. The molecule has 0 aliphatic carbocycles. The van der Waals surface area contributed by atoms with E-state index in [4.69, 9.17) is 4.74 Å². The van der Waals surface area contributed by atoms with Crippen LogP contribution in [0.3, 0.4) is 0 Å². The highest BCUT2D eigenvalue weighted by molar-refractivity contribution is 5.94. The quantitative estimate of drug-likeness (QED) is 0.814. The summed E-state index contributed by atoms with van der Waals surface area (Å²) < 4.78 is 4.71. The van der Waals surface area contributed by atoms with Crippen molar-refractivity contribution >= 4 is 11.9 Å². The van der Waals surface area contributed by atoms with E-state index in [1.807, 2.05) is 13.8 Å². The van der Waals surface area contributed by atoms with Crippen LogP contribution in [-0.4, -0.2) is 51.7 Å². The summed E-state index contributed by atoms with van der Waals surface area (Å²) in [5, 5.41) is 6.66. The number of methoxy groups -OCH3 is 1. The maximum atomic E-state index is 12.3. The van der Waals surface area contributed by atoms with E-state index < -0.39 is 6.04 Å². The minimum Gasteiger partial charge on any atom is -0.467 e. The van der Waals surface area contributed by atoms with Gasteiger partial charge in [-0.25, -0.2) is 9.78 Å². The van der Waals surface area contributed by atoms with Crippen LogP contribution in [0.25, 0.3) is 0 Å². The molecule has 0 radical (unpaired) electrons. The van der Waals surface area contributed by atoms with Crippen LogP contribution >= 0.6 is 0 Å². The highest BCUT2D eigenvalue weighted by Crippen LogP contribution is 2.20. The van der Waals surface area contributed by atoms with Gasteiger partial charge in [0.05, 0.1) is 7.11 Å². The molecule has 0 spiro atoms. The number of aromatic nitrogens is 3. The summed E-state index contributed by atoms with van der Waals surface area (Å²) in [6.45, 7) is 4.45. The molecule has 19 heavy (non-hydrogen) atoms. The van der Waals surface area contributed by atoms with E-state index >= 15 is 0 Å². The lowest BCUT2D eigenvalue weighted by Gasteiger charge is -2.20. The van der Waals surface area contributed by atoms with E-state index in [9.17, 15) is 9.59 Å². The van der Waals surface area contributed by atoms with Gasteiger partial charge >= 0.3 is 5.97 Å². The average molecular weight is 266 g/mol. The molecule has 1 saturated heterocycles. The first-order valence-corrected chi connectivity index (χ1v) is 6.35. The molecule has 7 heteroatoms. The van der Waals surface area contributed by atoms with Gasteiger partial charge in [0, 0.05) is 12.5 Å². The number of hydrogen-bond acceptors (Lipinski definition) is 5. The zero-order chi connectivity index (χ0) is 14.0. The lowest BCUT2D eigenvalue weighted by atomic mass is 10.2. The molecule has 1 aliphatic rings. The Balaban J connectivity index is 2.16. The zero-order valence-corrected chi connectivity index (χ0v) is 11.3. The largest absolute Gasteiger partial charge is 0.467 e. The number of hydrogen-bond donors (Lipinski definition) is 1. The van der Waals surface area contributed by atoms with Crippen molar-refractivity contribution in [1.29, 1.82) is 0 Å². The molecule has 1 aromatic heterocycles. The van der Waals surface area contributed by atoms with Crippen LogP contribution in [0.1, 0.15) is 49.1 Å². The van der Waals surface area contributed by atoms with Gasteiger partial charge in [0.25, 0.3) is 5.91 Å². The maximum Gasteiger partial charge on any atom is 0.328 e. The molecule has 1 fully saturated rings. The summed E-state index contributed by atoms with van der Waals surface area (Å²) in [7, 11) is 1.33. The van der Waals surface area contributed by atoms with E-state index in [-0.39, 0.29) is 23.6 Å². The molecule has 0 bridgehead atoms. The molecule has 2 rings (SSSR count). The minimum absolute atomic E-state index is 0.111. The third-order valence-corrected chi connectivity index (χ3v) is 3.23. The summed E-state index contributed by atoms with van der Waals surface area (Å²) in [6.07, 6.45) is 1.41. The van der Waals surface area contributed by atoms with Crippen molar-refractivity contribution in [3.05, 3.63) is 11.6 Å². The van der Waals surface area contributed by atoms with Gasteiger partial charge in [0.2, 0.25) is 5.82 Å². The topological polar surface area (TPSA) is 88.2 Å². The predicted octanol–water partition coefficient (Wildman–Crippen LogP) is 0.706. The number of carbonyl (C=O) groups is 2. The monoisotopic (exact) mass is 266 g/mol. The molecular weight excluding hydrogens is 248 g/mol. The van der Waals surface area contributed by atoms with Gasteiger partial charge in [-0.2, -0.15) is 0 Å². The van der Waals surface area contributed by atoms with Crippen molar-refractivity contribution in [2.45, 2.75) is 38.6 Å². The molecule has 1 N–H and O–H groups in total. The number of likely N-dealkylation sites (tertiary alicyclic amines) is 1. The second-order valence-corrected chi connectivity index (χ2v) is 4.88. The fourth-order valence-electron chi connectivity index (χ4n) is 2.15. The van der Waals surface area contributed by atoms with E-state index in [1.165, 1.54) is 12.0 Å². The number of carbonyl (C=O) groups excluding carboxylic acids is 2. The van der Waals surface area contributed by atoms with Crippen molar-refractivity contribution < 1.29 is 14.3 Å². The zero-order valence-electron chi connectivity index (χ0n) is 11.3. The Hall–Kier alpha value is -1.92. The van der Waals surface area contributed by atoms with Crippen molar-refractivity contribution in [2.24, 2.45) is 0 Å². The van der Waals surface area contributed by atoms with Crippen LogP contribution in [0.4, 0.5) is 0 Å². The first-order valence-electron chi connectivity index (χ1n) is 6.35. The van der Waals surface area contributed by atoms with Crippen molar-refractivity contribution in [3.63, 3.8) is 0 Å². The molecule has 1 atom stereocenters. The van der Waals surface area contributed by atoms with Crippen molar-refractivity contribution in [2.75, 3.05) is 13.7 Å². The van der Waals surface area contributed by atoms with Crippen LogP contribution in [0.5, 0.6) is 0 Å². The van der Waals surface area contributed by atoms with Gasteiger partial charge in [-0.15, -0.1) is 5.10 Å². The molecule has 1 aliphatic heterocycles. The Labute approximate surface area is 111 Å². The maximum absolute atomic E-state index is 12.3. The molecule has 0 aromatic carbocycles. The van der Waals surface area contributed by atoms with Crippen LogP contribution in [0.15, 0.2) is 0 Å². The Kier molecular flexibility index (Phi) is 3.82. The Morgan fingerprint density at radius 3 is 2.79 bits per heavy atom. The molecule has 1 aromatic rings. The standard InChI is InChI=1S/C12H18N4O3/c1-7(2)9-13-10(15-14-9)11(17)16-6-4-5-8(16)12(18)19-3/h7-8H,4-6H2,1-3H3,(H,13,14,15). The fraction of sp³-hybridized carbons (Fsp3) is 0.667. The second kappa shape index (κ2) is 5.38. The van der Waals surface area contributed by atoms with E-state index in [0.717, 1.165) is 6.42 Å². The van der Waals surface area contributed by atoms with Gasteiger partial charge in [-0.05, 0) is 12.8 Å². The SMILES string of the molecule is COC(=O)C1CCCN1C(=O)c1n[nH]c(C(C)C)n1. The molecule has 104 valence electrons. The number of nitrogens with zero attached hydrogens (tertiary/aromatic N) is 3. The molecule has 1 amide bonds. The number of ether oxygens (including phenoxy) is 1. The van der Waals surface area contributed by atoms with Gasteiger partial charge in [-0.1, -0.05) is 13.8 Å². The summed E-state index contributed by atoms with van der Waals surface area (Å²) in [4.78, 5) is 29.5. The molecule has 2 heterocycles. The van der Waals surface area contributed by atoms with Crippen LogP contribution in [-0.2, 0) is 9.53 Å². The average Bonchev–Trinajstić information content (AvgIpc) is 3.05. The Morgan fingerprint density at radius 1 is 1.47 bits per heavy atom. The van der Waals surface area contributed by atoms with Gasteiger partial charge in [0.1, 0.15) is 11.9 Å². The molecule has 1 unspecified atom stereocenters. The second-order valence-electron chi connectivity index (χ2n) is 4.88. The highest BCUT2D eigenvalue weighted by Gasteiger charge is 2.36. The van der Waals surface area contributed by atoms with Crippen molar-refractivity contribution in [3.8, 4) is 0 Å². The lowest BCUT2D eigenvalue weighted by molar-refractivity contribution is -0.145. The van der Waals surface area contributed by atoms with E-state index in [1.54, 1.807) is 0 Å².